The lowest BCUT2D eigenvalue weighted by Crippen LogP contribution is -2.35. The number of nitrogens with one attached hydrogen (secondary N) is 2. The lowest BCUT2D eigenvalue weighted by molar-refractivity contribution is -0.137. The van der Waals surface area contributed by atoms with Gasteiger partial charge in [0.1, 0.15) is 5.82 Å². The first-order chi connectivity index (χ1) is 13.7. The van der Waals surface area contributed by atoms with Crippen LogP contribution in [0.1, 0.15) is 18.9 Å². The van der Waals surface area contributed by atoms with E-state index in [0.29, 0.717) is 6.54 Å². The van der Waals surface area contributed by atoms with Crippen molar-refractivity contribution in [3.05, 3.63) is 59.9 Å². The average molecular weight is 411 g/mol. The predicted molar refractivity (Wildman–Crippen MR) is 102 cm³/mol. The van der Waals surface area contributed by atoms with E-state index in [2.05, 4.69) is 10.6 Å². The molecule has 2 N–H and O–H groups in total. The molecule has 0 atom stereocenters. The summed E-state index contributed by atoms with van der Waals surface area (Å²) in [4.78, 5) is 25.8. The minimum Gasteiger partial charge on any atom is -0.324 e. The number of halogens is 4. The first kappa shape index (κ1) is 22.4. The number of likely N-dealkylation sites (N-methyl/N-ethyl adjacent to an activating group) is 1. The molecule has 0 aliphatic carbocycles. The van der Waals surface area contributed by atoms with Crippen LogP contribution in [0.5, 0.6) is 0 Å². The topological polar surface area (TPSA) is 61.4 Å². The Balaban J connectivity index is 1.89. The standard InChI is InChI=1S/C20H21F4N3O2/c1-2-27(12-11-18(28)26-17-10-6-4-8-15(17)21)13-19(29)25-16-9-5-3-7-14(16)20(22,23)24/h3-10H,2,11-13H2,1H3,(H,25,29)(H,26,28). The van der Waals surface area contributed by atoms with E-state index in [9.17, 15) is 27.2 Å². The molecule has 9 heteroatoms. The van der Waals surface area contributed by atoms with Crippen molar-refractivity contribution in [2.75, 3.05) is 30.3 Å². The molecule has 0 aromatic heterocycles. The number of nitrogens with zero attached hydrogens (tertiary/aromatic N) is 1. The maximum atomic E-state index is 13.6. The fraction of sp³-hybridized carbons (Fsp3) is 0.300. The Labute approximate surface area is 165 Å². The second kappa shape index (κ2) is 10.0. The van der Waals surface area contributed by atoms with Gasteiger partial charge in [0.05, 0.1) is 23.5 Å². The highest BCUT2D eigenvalue weighted by Crippen LogP contribution is 2.34. The van der Waals surface area contributed by atoms with E-state index in [1.807, 2.05) is 0 Å². The Morgan fingerprint density at radius 2 is 1.52 bits per heavy atom. The van der Waals surface area contributed by atoms with Crippen molar-refractivity contribution in [2.45, 2.75) is 19.5 Å². The zero-order chi connectivity index (χ0) is 21.4. The summed E-state index contributed by atoms with van der Waals surface area (Å²) in [5.41, 5.74) is -1.19. The Morgan fingerprint density at radius 1 is 0.931 bits per heavy atom. The zero-order valence-electron chi connectivity index (χ0n) is 15.7. The fourth-order valence-electron chi connectivity index (χ4n) is 2.62. The Bertz CT molecular complexity index is 856. The van der Waals surface area contributed by atoms with Gasteiger partial charge in [-0.2, -0.15) is 13.2 Å². The van der Waals surface area contributed by atoms with E-state index in [4.69, 9.17) is 0 Å². The molecule has 0 bridgehead atoms. The molecule has 0 saturated carbocycles. The highest BCUT2D eigenvalue weighted by molar-refractivity contribution is 5.93. The molecule has 156 valence electrons. The summed E-state index contributed by atoms with van der Waals surface area (Å²) in [5, 5.41) is 4.71. The predicted octanol–water partition coefficient (Wildman–Crippen LogP) is 4.13. The molecule has 29 heavy (non-hydrogen) atoms. The number of alkyl halides is 3. The van der Waals surface area contributed by atoms with Gasteiger partial charge < -0.3 is 10.6 Å². The summed E-state index contributed by atoms with van der Waals surface area (Å²) >= 11 is 0. The normalized spacial score (nSPS) is 11.4. The third-order valence-electron chi connectivity index (χ3n) is 4.12. The van der Waals surface area contributed by atoms with Crippen molar-refractivity contribution in [1.29, 1.82) is 0 Å². The maximum absolute atomic E-state index is 13.6. The van der Waals surface area contributed by atoms with E-state index in [1.165, 1.54) is 36.4 Å². The quantitative estimate of drug-likeness (QED) is 0.642. The van der Waals surface area contributed by atoms with Crippen molar-refractivity contribution in [3.8, 4) is 0 Å². The van der Waals surface area contributed by atoms with Crippen LogP contribution in [0.25, 0.3) is 0 Å². The van der Waals surface area contributed by atoms with E-state index in [-0.39, 0.29) is 30.9 Å². The highest BCUT2D eigenvalue weighted by atomic mass is 19.4. The minimum absolute atomic E-state index is 0.00536. The number of rotatable bonds is 8. The minimum atomic E-state index is -4.58. The molecule has 2 aromatic rings. The molecule has 2 aromatic carbocycles. The number of carbonyl (C=O) groups excluding carboxylic acids is 2. The number of hydrogen-bond donors (Lipinski definition) is 2. The number of para-hydroxylation sites is 2. The maximum Gasteiger partial charge on any atom is 0.418 e. The van der Waals surface area contributed by atoms with Crippen LogP contribution in [-0.4, -0.2) is 36.3 Å². The molecule has 0 fully saturated rings. The Kier molecular flexibility index (Phi) is 7.72. The molecular weight excluding hydrogens is 390 g/mol. The van der Waals surface area contributed by atoms with E-state index in [0.717, 1.165) is 6.07 Å². The van der Waals surface area contributed by atoms with Gasteiger partial charge in [0, 0.05) is 13.0 Å². The van der Waals surface area contributed by atoms with Crippen molar-refractivity contribution in [3.63, 3.8) is 0 Å². The lowest BCUT2D eigenvalue weighted by Gasteiger charge is -2.20. The van der Waals surface area contributed by atoms with Gasteiger partial charge in [0.25, 0.3) is 0 Å². The van der Waals surface area contributed by atoms with Crippen LogP contribution in [0.3, 0.4) is 0 Å². The Morgan fingerprint density at radius 3 is 2.14 bits per heavy atom. The first-order valence-corrected chi connectivity index (χ1v) is 8.93. The smallest absolute Gasteiger partial charge is 0.324 e. The van der Waals surface area contributed by atoms with Crippen LogP contribution in [0, 0.1) is 5.82 Å². The third-order valence-corrected chi connectivity index (χ3v) is 4.12. The van der Waals surface area contributed by atoms with Gasteiger partial charge in [-0.05, 0) is 30.8 Å². The molecule has 0 heterocycles. The zero-order valence-corrected chi connectivity index (χ0v) is 15.7. The van der Waals surface area contributed by atoms with Gasteiger partial charge in [0.2, 0.25) is 11.8 Å². The van der Waals surface area contributed by atoms with Gasteiger partial charge in [-0.1, -0.05) is 31.2 Å². The number of hydrogen-bond acceptors (Lipinski definition) is 3. The van der Waals surface area contributed by atoms with Crippen molar-refractivity contribution >= 4 is 23.2 Å². The summed E-state index contributed by atoms with van der Waals surface area (Å²) in [6, 6.07) is 10.4. The van der Waals surface area contributed by atoms with Gasteiger partial charge in [0.15, 0.2) is 0 Å². The van der Waals surface area contributed by atoms with E-state index < -0.39 is 29.4 Å². The third kappa shape index (κ3) is 6.86. The molecule has 0 unspecified atom stereocenters. The molecule has 0 saturated heterocycles. The molecule has 2 rings (SSSR count). The number of amides is 2. The molecular formula is C20H21F4N3O2. The molecule has 0 spiro atoms. The van der Waals surface area contributed by atoms with Gasteiger partial charge in [-0.15, -0.1) is 0 Å². The van der Waals surface area contributed by atoms with Crippen molar-refractivity contribution in [1.82, 2.24) is 4.90 Å². The van der Waals surface area contributed by atoms with Crippen LogP contribution in [-0.2, 0) is 15.8 Å². The summed E-state index contributed by atoms with van der Waals surface area (Å²) in [5.74, 6) is -1.62. The molecule has 5 nitrogen and oxygen atoms in total. The summed E-state index contributed by atoms with van der Waals surface area (Å²) < 4.78 is 52.6. The van der Waals surface area contributed by atoms with E-state index >= 15 is 0 Å². The number of benzene rings is 2. The van der Waals surface area contributed by atoms with Crippen LogP contribution in [0.4, 0.5) is 28.9 Å². The van der Waals surface area contributed by atoms with Crippen LogP contribution in [0.2, 0.25) is 0 Å². The summed E-state index contributed by atoms with van der Waals surface area (Å²) in [6.07, 6.45) is -4.59. The van der Waals surface area contributed by atoms with Crippen LogP contribution in [0.15, 0.2) is 48.5 Å². The second-order valence-corrected chi connectivity index (χ2v) is 6.24. The fourth-order valence-corrected chi connectivity index (χ4v) is 2.62. The first-order valence-electron chi connectivity index (χ1n) is 8.93. The summed E-state index contributed by atoms with van der Waals surface area (Å²) in [7, 11) is 0. The van der Waals surface area contributed by atoms with Gasteiger partial charge >= 0.3 is 6.18 Å². The summed E-state index contributed by atoms with van der Waals surface area (Å²) in [6.45, 7) is 2.16. The number of carbonyl (C=O) groups is 2. The molecule has 0 aliphatic heterocycles. The molecule has 0 radical (unpaired) electrons. The monoisotopic (exact) mass is 411 g/mol. The van der Waals surface area contributed by atoms with Crippen molar-refractivity contribution in [2.24, 2.45) is 0 Å². The highest BCUT2D eigenvalue weighted by Gasteiger charge is 2.33. The van der Waals surface area contributed by atoms with E-state index in [1.54, 1.807) is 17.9 Å². The van der Waals surface area contributed by atoms with Crippen LogP contribution >= 0.6 is 0 Å². The second-order valence-electron chi connectivity index (χ2n) is 6.24. The van der Waals surface area contributed by atoms with Gasteiger partial charge in [-0.25, -0.2) is 4.39 Å². The molecule has 0 aliphatic rings. The average Bonchev–Trinajstić information content (AvgIpc) is 2.66. The van der Waals surface area contributed by atoms with Crippen LogP contribution < -0.4 is 10.6 Å². The number of anilines is 2. The van der Waals surface area contributed by atoms with Gasteiger partial charge in [-0.3, -0.25) is 14.5 Å². The molecule has 2 amide bonds. The van der Waals surface area contributed by atoms with Crippen molar-refractivity contribution < 1.29 is 27.2 Å². The SMILES string of the molecule is CCN(CCC(=O)Nc1ccccc1F)CC(=O)Nc1ccccc1C(F)(F)F. The lowest BCUT2D eigenvalue weighted by atomic mass is 10.1. The largest absolute Gasteiger partial charge is 0.418 e. The Hall–Kier alpha value is -2.94.